The van der Waals surface area contributed by atoms with E-state index in [2.05, 4.69) is 25.0 Å². The first-order chi connectivity index (χ1) is 8.10. The van der Waals surface area contributed by atoms with Crippen molar-refractivity contribution in [2.24, 2.45) is 0 Å². The summed E-state index contributed by atoms with van der Waals surface area (Å²) in [6.45, 7) is 4.13. The Morgan fingerprint density at radius 3 is 2.65 bits per heavy atom. The molecule has 1 aromatic carbocycles. The maximum Gasteiger partial charge on any atom is 0.0992 e. The van der Waals surface area contributed by atoms with Crippen molar-refractivity contribution in [3.05, 3.63) is 41.2 Å². The molecule has 4 heteroatoms. The van der Waals surface area contributed by atoms with Gasteiger partial charge in [0, 0.05) is 22.8 Å². The summed E-state index contributed by atoms with van der Waals surface area (Å²) in [4.78, 5) is 0. The maximum absolute atomic E-state index is 8.90. The molecular weight excluding hydrogens is 234 g/mol. The van der Waals surface area contributed by atoms with Gasteiger partial charge in [0.15, 0.2) is 0 Å². The Morgan fingerprint density at radius 2 is 2.06 bits per heavy atom. The van der Waals surface area contributed by atoms with E-state index in [0.717, 1.165) is 11.1 Å². The van der Waals surface area contributed by atoms with Crippen LogP contribution in [0.4, 0.5) is 0 Å². The number of halogens is 1. The van der Waals surface area contributed by atoms with Crippen molar-refractivity contribution in [1.29, 1.82) is 5.26 Å². The number of benzene rings is 1. The SMILES string of the molecule is CC(C)n1cc(-c2cc(Cl)cc(C#N)c2)cn1. The van der Waals surface area contributed by atoms with Crippen molar-refractivity contribution >= 4 is 11.6 Å². The van der Waals surface area contributed by atoms with Crippen LogP contribution in [0.15, 0.2) is 30.6 Å². The Bertz CT molecular complexity index is 579. The van der Waals surface area contributed by atoms with Gasteiger partial charge in [0.05, 0.1) is 17.8 Å². The molecule has 1 heterocycles. The molecular formula is C13H12ClN3. The number of nitriles is 1. The fourth-order valence-electron chi connectivity index (χ4n) is 1.59. The number of aromatic nitrogens is 2. The lowest BCUT2D eigenvalue weighted by atomic mass is 10.1. The molecule has 0 N–H and O–H groups in total. The van der Waals surface area contributed by atoms with E-state index in [-0.39, 0.29) is 0 Å². The lowest BCUT2D eigenvalue weighted by Gasteiger charge is -2.03. The van der Waals surface area contributed by atoms with Crippen LogP contribution in [-0.4, -0.2) is 9.78 Å². The third-order valence-corrected chi connectivity index (χ3v) is 2.71. The molecule has 17 heavy (non-hydrogen) atoms. The van der Waals surface area contributed by atoms with Gasteiger partial charge in [-0.15, -0.1) is 0 Å². The van der Waals surface area contributed by atoms with E-state index in [4.69, 9.17) is 16.9 Å². The van der Waals surface area contributed by atoms with E-state index in [1.165, 1.54) is 0 Å². The molecule has 0 amide bonds. The van der Waals surface area contributed by atoms with Crippen LogP contribution in [0.5, 0.6) is 0 Å². The number of nitrogens with zero attached hydrogens (tertiary/aromatic N) is 3. The van der Waals surface area contributed by atoms with Gasteiger partial charge in [-0.3, -0.25) is 4.68 Å². The molecule has 0 atom stereocenters. The molecule has 0 aliphatic carbocycles. The summed E-state index contributed by atoms with van der Waals surface area (Å²) < 4.78 is 1.88. The van der Waals surface area contributed by atoms with Crippen molar-refractivity contribution < 1.29 is 0 Å². The van der Waals surface area contributed by atoms with Crippen molar-refractivity contribution in [3.63, 3.8) is 0 Å². The molecule has 2 rings (SSSR count). The molecule has 0 saturated carbocycles. The molecule has 3 nitrogen and oxygen atoms in total. The summed E-state index contributed by atoms with van der Waals surface area (Å²) in [5, 5.41) is 13.7. The van der Waals surface area contributed by atoms with Crippen molar-refractivity contribution in [1.82, 2.24) is 9.78 Å². The normalized spacial score (nSPS) is 10.5. The molecule has 0 bridgehead atoms. The third-order valence-electron chi connectivity index (χ3n) is 2.49. The van der Waals surface area contributed by atoms with Crippen LogP contribution >= 0.6 is 11.6 Å². The molecule has 1 aromatic heterocycles. The summed E-state index contributed by atoms with van der Waals surface area (Å²) in [6, 6.07) is 7.71. The first kappa shape index (κ1) is 11.7. The Balaban J connectivity index is 2.45. The van der Waals surface area contributed by atoms with Gasteiger partial charge in [0.25, 0.3) is 0 Å². The minimum atomic E-state index is 0.318. The predicted octanol–water partition coefficient (Wildman–Crippen LogP) is 3.66. The molecule has 2 aromatic rings. The zero-order valence-electron chi connectivity index (χ0n) is 9.68. The summed E-state index contributed by atoms with van der Waals surface area (Å²) in [5.74, 6) is 0. The lowest BCUT2D eigenvalue weighted by molar-refractivity contribution is 0.532. The summed E-state index contributed by atoms with van der Waals surface area (Å²) in [6.07, 6.45) is 3.74. The Hall–Kier alpha value is -1.79. The van der Waals surface area contributed by atoms with Crippen LogP contribution in [-0.2, 0) is 0 Å². The number of rotatable bonds is 2. The second-order valence-corrected chi connectivity index (χ2v) is 4.58. The van der Waals surface area contributed by atoms with Crippen molar-refractivity contribution in [2.75, 3.05) is 0 Å². The number of hydrogen-bond donors (Lipinski definition) is 0. The van der Waals surface area contributed by atoms with Gasteiger partial charge in [0.1, 0.15) is 0 Å². The summed E-state index contributed by atoms with van der Waals surface area (Å²) in [5.41, 5.74) is 2.45. The van der Waals surface area contributed by atoms with Gasteiger partial charge in [-0.2, -0.15) is 10.4 Å². The third kappa shape index (κ3) is 2.48. The smallest absolute Gasteiger partial charge is 0.0992 e. The zero-order valence-corrected chi connectivity index (χ0v) is 10.4. The van der Waals surface area contributed by atoms with Crippen LogP contribution in [0.3, 0.4) is 0 Å². The van der Waals surface area contributed by atoms with E-state index < -0.39 is 0 Å². The second-order valence-electron chi connectivity index (χ2n) is 4.14. The Morgan fingerprint density at radius 1 is 1.29 bits per heavy atom. The molecule has 0 unspecified atom stereocenters. The Labute approximate surface area is 105 Å². The second kappa shape index (κ2) is 4.60. The quantitative estimate of drug-likeness (QED) is 0.810. The average Bonchev–Trinajstić information content (AvgIpc) is 2.77. The van der Waals surface area contributed by atoms with Gasteiger partial charge in [0.2, 0.25) is 0 Å². The summed E-state index contributed by atoms with van der Waals surface area (Å²) in [7, 11) is 0. The molecule has 0 radical (unpaired) electrons. The minimum absolute atomic E-state index is 0.318. The fraction of sp³-hybridized carbons (Fsp3) is 0.231. The van der Waals surface area contributed by atoms with Crippen LogP contribution in [0, 0.1) is 11.3 Å². The van der Waals surface area contributed by atoms with Crippen LogP contribution < -0.4 is 0 Å². The van der Waals surface area contributed by atoms with E-state index >= 15 is 0 Å². The van der Waals surface area contributed by atoms with Crippen molar-refractivity contribution in [2.45, 2.75) is 19.9 Å². The van der Waals surface area contributed by atoms with E-state index in [9.17, 15) is 0 Å². The fourth-order valence-corrected chi connectivity index (χ4v) is 1.83. The van der Waals surface area contributed by atoms with Crippen molar-refractivity contribution in [3.8, 4) is 17.2 Å². The largest absolute Gasteiger partial charge is 0.270 e. The topological polar surface area (TPSA) is 41.6 Å². The molecule has 0 spiro atoms. The van der Waals surface area contributed by atoms with Gasteiger partial charge in [-0.25, -0.2) is 0 Å². The maximum atomic E-state index is 8.90. The molecule has 0 saturated heterocycles. The molecule has 86 valence electrons. The minimum Gasteiger partial charge on any atom is -0.270 e. The van der Waals surface area contributed by atoms with Gasteiger partial charge in [-0.1, -0.05) is 11.6 Å². The standard InChI is InChI=1S/C13H12ClN3/c1-9(2)17-8-12(7-16-17)11-3-10(6-15)4-13(14)5-11/h3-5,7-9H,1-2H3. The average molecular weight is 246 g/mol. The van der Waals surface area contributed by atoms with Crippen LogP contribution in [0.2, 0.25) is 5.02 Å². The zero-order chi connectivity index (χ0) is 12.4. The Kier molecular flexibility index (Phi) is 3.16. The molecule has 0 aliphatic rings. The van der Waals surface area contributed by atoms with Crippen LogP contribution in [0.1, 0.15) is 25.5 Å². The number of hydrogen-bond acceptors (Lipinski definition) is 2. The van der Waals surface area contributed by atoms with E-state index in [1.807, 2.05) is 23.0 Å². The van der Waals surface area contributed by atoms with E-state index in [1.54, 1.807) is 12.3 Å². The van der Waals surface area contributed by atoms with Gasteiger partial charge < -0.3 is 0 Å². The monoisotopic (exact) mass is 245 g/mol. The van der Waals surface area contributed by atoms with E-state index in [0.29, 0.717) is 16.6 Å². The predicted molar refractivity (Wildman–Crippen MR) is 67.8 cm³/mol. The highest BCUT2D eigenvalue weighted by Gasteiger charge is 2.06. The first-order valence-electron chi connectivity index (χ1n) is 5.35. The molecule has 0 fully saturated rings. The highest BCUT2D eigenvalue weighted by atomic mass is 35.5. The summed E-state index contributed by atoms with van der Waals surface area (Å²) >= 11 is 5.97. The highest BCUT2D eigenvalue weighted by Crippen LogP contribution is 2.25. The highest BCUT2D eigenvalue weighted by molar-refractivity contribution is 6.31. The first-order valence-corrected chi connectivity index (χ1v) is 5.73. The molecule has 0 aliphatic heterocycles. The van der Waals surface area contributed by atoms with Gasteiger partial charge >= 0.3 is 0 Å². The lowest BCUT2D eigenvalue weighted by Crippen LogP contribution is -1.99. The van der Waals surface area contributed by atoms with Crippen LogP contribution in [0.25, 0.3) is 11.1 Å². The van der Waals surface area contributed by atoms with Gasteiger partial charge in [-0.05, 0) is 37.6 Å².